The van der Waals surface area contributed by atoms with Gasteiger partial charge >= 0.3 is 0 Å². The molecule has 1 N–H and O–H groups in total. The molecule has 19 heavy (non-hydrogen) atoms. The summed E-state index contributed by atoms with van der Waals surface area (Å²) in [4.78, 5) is 10.4. The van der Waals surface area contributed by atoms with Crippen LogP contribution in [0.15, 0.2) is 12.1 Å². The van der Waals surface area contributed by atoms with Crippen LogP contribution in [-0.4, -0.2) is 24.1 Å². The van der Waals surface area contributed by atoms with E-state index < -0.39 is 4.92 Å². The minimum absolute atomic E-state index is 0.0772. The minimum Gasteiger partial charge on any atom is -0.491 e. The molecule has 0 amide bonds. The molecule has 0 saturated heterocycles. The first-order valence-corrected chi connectivity index (χ1v) is 6.01. The van der Waals surface area contributed by atoms with E-state index in [0.29, 0.717) is 23.4 Å². The van der Waals surface area contributed by atoms with Crippen LogP contribution in [-0.2, 0) is 0 Å². The Morgan fingerprint density at radius 3 is 2.68 bits per heavy atom. The molecule has 0 aliphatic carbocycles. The third-order valence-electron chi connectivity index (χ3n) is 2.70. The number of nitro groups is 1. The molecule has 0 aliphatic heterocycles. The molecule has 0 spiro atoms. The molecule has 1 rings (SSSR count). The maximum Gasteiger partial charge on any atom is 0.272 e. The topological polar surface area (TPSA) is 88.2 Å². The summed E-state index contributed by atoms with van der Waals surface area (Å²) < 4.78 is 5.55. The highest BCUT2D eigenvalue weighted by Gasteiger charge is 2.15. The molecular weight excluding hydrogens is 246 g/mol. The maximum atomic E-state index is 10.8. The molecule has 1 atom stereocenters. The molecule has 1 aromatic carbocycles. The fraction of sp³-hybridized carbons (Fsp3) is 0.462. The first-order chi connectivity index (χ1) is 8.99. The summed E-state index contributed by atoms with van der Waals surface area (Å²) >= 11 is 0. The first-order valence-electron chi connectivity index (χ1n) is 6.01. The van der Waals surface area contributed by atoms with Gasteiger partial charge in [-0.3, -0.25) is 15.4 Å². The Morgan fingerprint density at radius 1 is 1.47 bits per heavy atom. The molecule has 0 radical (unpaired) electrons. The molecule has 0 saturated carbocycles. The van der Waals surface area contributed by atoms with Gasteiger partial charge in [-0.1, -0.05) is 6.92 Å². The summed E-state index contributed by atoms with van der Waals surface area (Å²) in [5, 5.41) is 22.7. The van der Waals surface area contributed by atoms with Crippen LogP contribution in [0.5, 0.6) is 5.75 Å². The molecule has 102 valence electrons. The van der Waals surface area contributed by atoms with Gasteiger partial charge in [0, 0.05) is 11.6 Å². The fourth-order valence-electron chi connectivity index (χ4n) is 1.69. The van der Waals surface area contributed by atoms with Gasteiger partial charge in [-0.15, -0.1) is 0 Å². The van der Waals surface area contributed by atoms with Crippen molar-refractivity contribution in [2.45, 2.75) is 26.8 Å². The average molecular weight is 263 g/mol. The van der Waals surface area contributed by atoms with E-state index in [9.17, 15) is 10.1 Å². The second-order valence-electron chi connectivity index (χ2n) is 4.21. The number of nitrogens with one attached hydrogen (secondary N) is 1. The van der Waals surface area contributed by atoms with Crippen molar-refractivity contribution in [1.29, 1.82) is 5.26 Å². The smallest absolute Gasteiger partial charge is 0.272 e. The van der Waals surface area contributed by atoms with Gasteiger partial charge in [-0.2, -0.15) is 5.26 Å². The number of hydrogen-bond donors (Lipinski definition) is 1. The molecule has 0 heterocycles. The lowest BCUT2D eigenvalue weighted by Crippen LogP contribution is -2.33. The van der Waals surface area contributed by atoms with Crippen LogP contribution >= 0.6 is 0 Å². The van der Waals surface area contributed by atoms with Crippen LogP contribution in [0.3, 0.4) is 0 Å². The number of aryl methyl sites for hydroxylation is 2. The Bertz CT molecular complexity index is 509. The molecule has 1 aromatic rings. The van der Waals surface area contributed by atoms with E-state index in [2.05, 4.69) is 11.4 Å². The predicted molar refractivity (Wildman–Crippen MR) is 71.1 cm³/mol. The third-order valence-corrected chi connectivity index (χ3v) is 2.70. The van der Waals surface area contributed by atoms with Gasteiger partial charge in [0.1, 0.15) is 18.4 Å². The summed E-state index contributed by atoms with van der Waals surface area (Å²) in [7, 11) is 0. The van der Waals surface area contributed by atoms with Gasteiger partial charge in [0.15, 0.2) is 0 Å². The van der Waals surface area contributed by atoms with Gasteiger partial charge < -0.3 is 4.74 Å². The van der Waals surface area contributed by atoms with Crippen molar-refractivity contribution in [3.8, 4) is 11.8 Å². The lowest BCUT2D eigenvalue weighted by atomic mass is 10.1. The summed E-state index contributed by atoms with van der Waals surface area (Å²) in [5.74, 6) is 0.571. The minimum atomic E-state index is -0.414. The largest absolute Gasteiger partial charge is 0.491 e. The van der Waals surface area contributed by atoms with E-state index in [-0.39, 0.29) is 18.3 Å². The number of benzene rings is 1. The molecule has 0 bridgehead atoms. The van der Waals surface area contributed by atoms with Gasteiger partial charge in [0.05, 0.1) is 11.0 Å². The van der Waals surface area contributed by atoms with Crippen molar-refractivity contribution in [2.24, 2.45) is 0 Å². The zero-order valence-corrected chi connectivity index (χ0v) is 11.3. The first kappa shape index (κ1) is 14.9. The Balaban J connectivity index is 2.83. The third kappa shape index (κ3) is 3.93. The summed E-state index contributed by atoms with van der Waals surface area (Å²) in [5.41, 5.74) is 1.31. The number of likely N-dealkylation sites (N-methyl/N-ethyl adjacent to an activating group) is 1. The van der Waals surface area contributed by atoms with Gasteiger partial charge in [0.2, 0.25) is 0 Å². The highest BCUT2D eigenvalue weighted by Crippen LogP contribution is 2.27. The highest BCUT2D eigenvalue weighted by molar-refractivity contribution is 5.49. The van der Waals surface area contributed by atoms with Crippen molar-refractivity contribution in [3.63, 3.8) is 0 Å². The molecule has 0 fully saturated rings. The SMILES string of the molecule is CCNC(C#N)COc1cc(C)c([N+](=O)[O-])cc1C. The zero-order valence-electron chi connectivity index (χ0n) is 11.3. The van der Waals surface area contributed by atoms with Gasteiger partial charge in [-0.25, -0.2) is 0 Å². The number of nitriles is 1. The van der Waals surface area contributed by atoms with E-state index in [4.69, 9.17) is 10.00 Å². The monoisotopic (exact) mass is 263 g/mol. The number of rotatable bonds is 6. The van der Waals surface area contributed by atoms with Crippen molar-refractivity contribution >= 4 is 5.69 Å². The summed E-state index contributed by atoms with van der Waals surface area (Å²) in [6.07, 6.45) is 0. The molecule has 1 unspecified atom stereocenters. The Labute approximate surface area is 112 Å². The van der Waals surface area contributed by atoms with Gasteiger partial charge in [0.25, 0.3) is 5.69 Å². The normalized spacial score (nSPS) is 11.7. The van der Waals surface area contributed by atoms with Crippen LogP contribution in [0.4, 0.5) is 5.69 Å². The number of nitro benzene ring substituents is 1. The number of ether oxygens (including phenoxy) is 1. The quantitative estimate of drug-likeness (QED) is 0.627. The predicted octanol–water partition coefficient (Wildman–Crippen LogP) is 2.09. The fourth-order valence-corrected chi connectivity index (χ4v) is 1.69. The van der Waals surface area contributed by atoms with Crippen LogP contribution in [0, 0.1) is 35.3 Å². The van der Waals surface area contributed by atoms with E-state index in [1.807, 2.05) is 6.92 Å². The molecule has 0 aliphatic rings. The summed E-state index contributed by atoms with van der Waals surface area (Å²) in [6.45, 7) is 6.21. The van der Waals surface area contributed by atoms with Crippen LogP contribution in [0.25, 0.3) is 0 Å². The van der Waals surface area contributed by atoms with Crippen LogP contribution in [0.2, 0.25) is 0 Å². The van der Waals surface area contributed by atoms with Gasteiger partial charge in [-0.05, 0) is 32.0 Å². The zero-order chi connectivity index (χ0) is 14.4. The highest BCUT2D eigenvalue weighted by atomic mass is 16.6. The Hall–Kier alpha value is -2.13. The number of hydrogen-bond acceptors (Lipinski definition) is 5. The lowest BCUT2D eigenvalue weighted by molar-refractivity contribution is -0.385. The standard InChI is InChI=1S/C13H17N3O3/c1-4-15-11(7-14)8-19-13-6-9(2)12(16(17)18)5-10(13)3/h5-6,11,15H,4,8H2,1-3H3. The van der Waals surface area contributed by atoms with E-state index in [1.165, 1.54) is 6.07 Å². The van der Waals surface area contributed by atoms with E-state index >= 15 is 0 Å². The Kier molecular flexibility index (Phi) is 5.27. The van der Waals surface area contributed by atoms with Crippen molar-refractivity contribution in [2.75, 3.05) is 13.2 Å². The van der Waals surface area contributed by atoms with Crippen molar-refractivity contribution in [1.82, 2.24) is 5.32 Å². The number of nitrogens with zero attached hydrogens (tertiary/aromatic N) is 2. The van der Waals surface area contributed by atoms with Crippen LogP contribution < -0.4 is 10.1 Å². The van der Waals surface area contributed by atoms with Crippen LogP contribution in [0.1, 0.15) is 18.1 Å². The Morgan fingerprint density at radius 2 is 2.16 bits per heavy atom. The molecule has 0 aromatic heterocycles. The lowest BCUT2D eigenvalue weighted by Gasteiger charge is -2.14. The van der Waals surface area contributed by atoms with E-state index in [0.717, 1.165) is 0 Å². The average Bonchev–Trinajstić information content (AvgIpc) is 2.37. The van der Waals surface area contributed by atoms with Crippen molar-refractivity contribution in [3.05, 3.63) is 33.4 Å². The van der Waals surface area contributed by atoms with Crippen molar-refractivity contribution < 1.29 is 9.66 Å². The molecular formula is C13H17N3O3. The molecule has 6 nitrogen and oxygen atoms in total. The second-order valence-corrected chi connectivity index (χ2v) is 4.21. The van der Waals surface area contributed by atoms with E-state index in [1.54, 1.807) is 19.9 Å². The molecule has 6 heteroatoms. The second kappa shape index (κ2) is 6.71. The summed E-state index contributed by atoms with van der Waals surface area (Å²) in [6, 6.07) is 4.82. The maximum absolute atomic E-state index is 10.8.